The zero-order chi connectivity index (χ0) is 12.3. The highest BCUT2D eigenvalue weighted by atomic mass is 15.3. The van der Waals surface area contributed by atoms with Crippen LogP contribution in [0.2, 0.25) is 0 Å². The lowest BCUT2D eigenvalue weighted by atomic mass is 10.1. The lowest BCUT2D eigenvalue weighted by Gasteiger charge is -2.26. The second kappa shape index (κ2) is 5.81. The molecule has 0 spiro atoms. The maximum atomic E-state index is 8.92. The molecular formula is C13H24N4. The van der Waals surface area contributed by atoms with Gasteiger partial charge in [-0.1, -0.05) is 0 Å². The molecule has 2 fully saturated rings. The number of rotatable bonds is 4. The van der Waals surface area contributed by atoms with Gasteiger partial charge in [0.2, 0.25) is 0 Å². The van der Waals surface area contributed by atoms with E-state index in [1.807, 2.05) is 7.05 Å². The number of likely N-dealkylation sites (tertiary alicyclic amines) is 1. The Labute approximate surface area is 105 Å². The zero-order valence-corrected chi connectivity index (χ0v) is 11.0. The van der Waals surface area contributed by atoms with Crippen LogP contribution >= 0.6 is 0 Å². The van der Waals surface area contributed by atoms with Gasteiger partial charge in [-0.2, -0.15) is 5.26 Å². The Morgan fingerprint density at radius 2 is 2.12 bits per heavy atom. The van der Waals surface area contributed by atoms with E-state index in [2.05, 4.69) is 28.2 Å². The molecule has 96 valence electrons. The molecule has 2 heterocycles. The van der Waals surface area contributed by atoms with Crippen molar-refractivity contribution in [3.8, 4) is 6.07 Å². The zero-order valence-electron chi connectivity index (χ0n) is 11.0. The summed E-state index contributed by atoms with van der Waals surface area (Å²) in [5, 5.41) is 12.0. The average molecular weight is 236 g/mol. The lowest BCUT2D eigenvalue weighted by molar-refractivity contribution is 0.215. The van der Waals surface area contributed by atoms with Gasteiger partial charge in [0.25, 0.3) is 0 Å². The van der Waals surface area contributed by atoms with E-state index in [-0.39, 0.29) is 6.04 Å². The Morgan fingerprint density at radius 3 is 2.82 bits per heavy atom. The fourth-order valence-corrected chi connectivity index (χ4v) is 3.17. The van der Waals surface area contributed by atoms with E-state index in [1.165, 1.54) is 32.4 Å². The van der Waals surface area contributed by atoms with Gasteiger partial charge in [-0.15, -0.1) is 0 Å². The first-order valence-corrected chi connectivity index (χ1v) is 6.75. The van der Waals surface area contributed by atoms with Gasteiger partial charge in [0, 0.05) is 25.2 Å². The Bertz CT molecular complexity index is 286. The van der Waals surface area contributed by atoms with Crippen LogP contribution in [0, 0.1) is 11.3 Å². The minimum Gasteiger partial charge on any atom is -0.305 e. The van der Waals surface area contributed by atoms with Crippen LogP contribution in [0.3, 0.4) is 0 Å². The molecule has 2 bridgehead atoms. The molecule has 0 saturated carbocycles. The van der Waals surface area contributed by atoms with Crippen LogP contribution in [0.5, 0.6) is 0 Å². The number of hydrogen-bond donors (Lipinski definition) is 1. The quantitative estimate of drug-likeness (QED) is 0.778. The summed E-state index contributed by atoms with van der Waals surface area (Å²) in [7, 11) is 4.14. The van der Waals surface area contributed by atoms with Gasteiger partial charge in [0.1, 0.15) is 0 Å². The van der Waals surface area contributed by atoms with Gasteiger partial charge in [0.15, 0.2) is 0 Å². The highest BCUT2D eigenvalue weighted by Gasteiger charge is 2.34. The molecule has 0 aromatic heterocycles. The molecular weight excluding hydrogens is 212 g/mol. The molecule has 0 aromatic carbocycles. The molecule has 2 aliphatic rings. The summed E-state index contributed by atoms with van der Waals surface area (Å²) in [6.45, 7) is 3.44. The molecule has 3 unspecified atom stereocenters. The molecule has 17 heavy (non-hydrogen) atoms. The van der Waals surface area contributed by atoms with Crippen LogP contribution in [-0.4, -0.2) is 61.7 Å². The Balaban J connectivity index is 1.81. The van der Waals surface area contributed by atoms with Crippen LogP contribution in [0.4, 0.5) is 0 Å². The van der Waals surface area contributed by atoms with Crippen molar-refractivity contribution in [2.45, 2.75) is 43.8 Å². The summed E-state index contributed by atoms with van der Waals surface area (Å²) in [5.74, 6) is 0. The fraction of sp³-hybridized carbons (Fsp3) is 0.923. The Kier molecular flexibility index (Phi) is 4.38. The van der Waals surface area contributed by atoms with E-state index < -0.39 is 0 Å². The number of fused-ring (bicyclic) bond motifs is 2. The van der Waals surface area contributed by atoms with E-state index in [0.29, 0.717) is 0 Å². The van der Waals surface area contributed by atoms with Crippen molar-refractivity contribution in [3.63, 3.8) is 0 Å². The number of likely N-dealkylation sites (N-methyl/N-ethyl adjacent to an activating group) is 1. The second-order valence-electron chi connectivity index (χ2n) is 5.40. The maximum Gasteiger partial charge on any atom is 0.0962 e. The van der Waals surface area contributed by atoms with E-state index in [9.17, 15) is 0 Å². The number of hydrogen-bond acceptors (Lipinski definition) is 4. The summed E-state index contributed by atoms with van der Waals surface area (Å²) < 4.78 is 0. The summed E-state index contributed by atoms with van der Waals surface area (Å²) in [6, 6.07) is 3.86. The molecule has 2 aliphatic heterocycles. The minimum absolute atomic E-state index is 0.00756. The Morgan fingerprint density at radius 1 is 1.35 bits per heavy atom. The topological polar surface area (TPSA) is 42.3 Å². The standard InChI is InChI=1S/C13H24N4/c1-15-11(9-14)5-7-17-8-6-12-3-4-13(10-17)16(12)2/h11-13,15H,3-8,10H2,1-2H3. The van der Waals surface area contributed by atoms with Crippen molar-refractivity contribution in [2.24, 2.45) is 0 Å². The van der Waals surface area contributed by atoms with Gasteiger partial charge < -0.3 is 10.2 Å². The first-order valence-electron chi connectivity index (χ1n) is 6.75. The monoisotopic (exact) mass is 236 g/mol. The van der Waals surface area contributed by atoms with Crippen LogP contribution in [-0.2, 0) is 0 Å². The third-order valence-electron chi connectivity index (χ3n) is 4.47. The maximum absolute atomic E-state index is 8.92. The number of nitrogens with zero attached hydrogens (tertiary/aromatic N) is 3. The van der Waals surface area contributed by atoms with E-state index in [0.717, 1.165) is 25.0 Å². The highest BCUT2D eigenvalue weighted by molar-refractivity contribution is 4.93. The predicted molar refractivity (Wildman–Crippen MR) is 68.7 cm³/mol. The van der Waals surface area contributed by atoms with Crippen LogP contribution in [0.15, 0.2) is 0 Å². The van der Waals surface area contributed by atoms with Crippen LogP contribution in [0.1, 0.15) is 25.7 Å². The molecule has 2 rings (SSSR count). The van der Waals surface area contributed by atoms with Crippen molar-refractivity contribution >= 4 is 0 Å². The molecule has 4 heteroatoms. The fourth-order valence-electron chi connectivity index (χ4n) is 3.17. The Hall–Kier alpha value is -0.630. The van der Waals surface area contributed by atoms with Crippen molar-refractivity contribution in [1.82, 2.24) is 15.1 Å². The SMILES string of the molecule is CNC(C#N)CCN1CCC2CCC(C1)N2C. The van der Waals surface area contributed by atoms with Gasteiger partial charge in [-0.3, -0.25) is 4.90 Å². The number of nitriles is 1. The van der Waals surface area contributed by atoms with Gasteiger partial charge in [-0.05, 0) is 46.3 Å². The molecule has 0 radical (unpaired) electrons. The molecule has 4 nitrogen and oxygen atoms in total. The molecule has 3 atom stereocenters. The largest absolute Gasteiger partial charge is 0.305 e. The van der Waals surface area contributed by atoms with Crippen LogP contribution in [0.25, 0.3) is 0 Å². The molecule has 2 saturated heterocycles. The van der Waals surface area contributed by atoms with Gasteiger partial charge in [-0.25, -0.2) is 0 Å². The number of nitrogens with one attached hydrogen (secondary N) is 1. The lowest BCUT2D eigenvalue weighted by Crippen LogP contribution is -2.38. The summed E-state index contributed by atoms with van der Waals surface area (Å²) in [6.07, 6.45) is 4.97. The highest BCUT2D eigenvalue weighted by Crippen LogP contribution is 2.28. The predicted octanol–water partition coefficient (Wildman–Crippen LogP) is 0.657. The van der Waals surface area contributed by atoms with Crippen molar-refractivity contribution < 1.29 is 0 Å². The minimum atomic E-state index is 0.00756. The first kappa shape index (κ1) is 12.8. The smallest absolute Gasteiger partial charge is 0.0962 e. The molecule has 1 N–H and O–H groups in total. The summed E-state index contributed by atoms with van der Waals surface area (Å²) in [5.41, 5.74) is 0. The normalized spacial score (nSPS) is 32.1. The van der Waals surface area contributed by atoms with Crippen molar-refractivity contribution in [3.05, 3.63) is 0 Å². The van der Waals surface area contributed by atoms with Crippen molar-refractivity contribution in [1.29, 1.82) is 5.26 Å². The van der Waals surface area contributed by atoms with Crippen LogP contribution < -0.4 is 5.32 Å². The molecule has 0 aliphatic carbocycles. The molecule has 0 amide bonds. The average Bonchev–Trinajstić information content (AvgIpc) is 2.57. The second-order valence-corrected chi connectivity index (χ2v) is 5.40. The van der Waals surface area contributed by atoms with E-state index >= 15 is 0 Å². The summed E-state index contributed by atoms with van der Waals surface area (Å²) >= 11 is 0. The first-order chi connectivity index (χ1) is 8.24. The summed E-state index contributed by atoms with van der Waals surface area (Å²) in [4.78, 5) is 5.11. The van der Waals surface area contributed by atoms with E-state index in [1.54, 1.807) is 0 Å². The van der Waals surface area contributed by atoms with Crippen molar-refractivity contribution in [2.75, 3.05) is 33.7 Å². The van der Waals surface area contributed by atoms with E-state index in [4.69, 9.17) is 5.26 Å². The van der Waals surface area contributed by atoms with Gasteiger partial charge in [0.05, 0.1) is 12.1 Å². The molecule has 0 aromatic rings. The van der Waals surface area contributed by atoms with Gasteiger partial charge >= 0.3 is 0 Å². The third kappa shape index (κ3) is 2.98. The third-order valence-corrected chi connectivity index (χ3v) is 4.47.